The fourth-order valence-electron chi connectivity index (χ4n) is 1.61. The SMILES string of the molecule is CNC(=O)CCS(=O)CC1(CC(=O)O)CC1. The molecule has 1 atom stereocenters. The molecule has 1 fully saturated rings. The van der Waals surface area contributed by atoms with Gasteiger partial charge in [0.05, 0.1) is 6.42 Å². The van der Waals surface area contributed by atoms with Crippen LogP contribution in [-0.2, 0) is 20.4 Å². The summed E-state index contributed by atoms with van der Waals surface area (Å²) in [4.78, 5) is 21.5. The van der Waals surface area contributed by atoms with Gasteiger partial charge in [0, 0.05) is 35.8 Å². The number of aliphatic carboxylic acids is 1. The van der Waals surface area contributed by atoms with E-state index in [0.717, 1.165) is 12.8 Å². The zero-order valence-corrected chi connectivity index (χ0v) is 10.1. The van der Waals surface area contributed by atoms with Gasteiger partial charge in [-0.25, -0.2) is 0 Å². The average Bonchev–Trinajstić information content (AvgIpc) is 2.92. The number of carbonyl (C=O) groups excluding carboxylic acids is 1. The lowest BCUT2D eigenvalue weighted by Crippen LogP contribution is -2.23. The van der Waals surface area contributed by atoms with Crippen LogP contribution in [0, 0.1) is 5.41 Å². The summed E-state index contributed by atoms with van der Waals surface area (Å²) in [6, 6.07) is 0. The van der Waals surface area contributed by atoms with Gasteiger partial charge >= 0.3 is 5.97 Å². The standard InChI is InChI=1S/C10H17NO4S/c1-11-8(12)2-5-16(15)7-10(3-4-10)6-9(13)14/h2-7H2,1H3,(H,11,12)(H,13,14). The Morgan fingerprint density at radius 1 is 1.44 bits per heavy atom. The van der Waals surface area contributed by atoms with Crippen LogP contribution in [0.15, 0.2) is 0 Å². The molecule has 5 nitrogen and oxygen atoms in total. The summed E-state index contributed by atoms with van der Waals surface area (Å²) in [5.74, 6) is -0.227. The number of amides is 1. The van der Waals surface area contributed by atoms with Crippen LogP contribution < -0.4 is 5.32 Å². The van der Waals surface area contributed by atoms with Crippen molar-refractivity contribution in [2.75, 3.05) is 18.6 Å². The van der Waals surface area contributed by atoms with Crippen LogP contribution in [-0.4, -0.2) is 39.7 Å². The Morgan fingerprint density at radius 2 is 2.06 bits per heavy atom. The van der Waals surface area contributed by atoms with Crippen LogP contribution >= 0.6 is 0 Å². The molecule has 1 aliphatic carbocycles. The molecule has 2 N–H and O–H groups in total. The number of hydrogen-bond acceptors (Lipinski definition) is 3. The minimum absolute atomic E-state index is 0.0959. The molecule has 0 aromatic carbocycles. The molecule has 1 amide bonds. The third-order valence-corrected chi connectivity index (χ3v) is 4.38. The highest BCUT2D eigenvalue weighted by Gasteiger charge is 2.45. The van der Waals surface area contributed by atoms with Gasteiger partial charge in [-0.3, -0.25) is 13.8 Å². The van der Waals surface area contributed by atoms with Crippen LogP contribution in [0.3, 0.4) is 0 Å². The number of nitrogens with one attached hydrogen (secondary N) is 1. The predicted molar refractivity (Wildman–Crippen MR) is 60.5 cm³/mol. The molecule has 0 saturated heterocycles. The number of rotatable bonds is 7. The summed E-state index contributed by atoms with van der Waals surface area (Å²) < 4.78 is 11.6. The number of carboxylic acid groups (broad SMARTS) is 1. The fourth-order valence-corrected chi connectivity index (χ4v) is 3.25. The van der Waals surface area contributed by atoms with E-state index in [0.29, 0.717) is 11.5 Å². The van der Waals surface area contributed by atoms with Gasteiger partial charge in [-0.15, -0.1) is 0 Å². The molecule has 1 saturated carbocycles. The Labute approximate surface area is 97.1 Å². The van der Waals surface area contributed by atoms with Crippen LogP contribution in [0.25, 0.3) is 0 Å². The Hall–Kier alpha value is -0.910. The van der Waals surface area contributed by atoms with E-state index in [1.807, 2.05) is 0 Å². The lowest BCUT2D eigenvalue weighted by Gasteiger charge is -2.11. The van der Waals surface area contributed by atoms with Crippen molar-refractivity contribution in [2.24, 2.45) is 5.41 Å². The Bertz CT molecular complexity index is 312. The first-order valence-electron chi connectivity index (χ1n) is 5.25. The monoisotopic (exact) mass is 247 g/mol. The molecule has 0 bridgehead atoms. The molecule has 0 heterocycles. The van der Waals surface area contributed by atoms with Gasteiger partial charge in [0.1, 0.15) is 0 Å². The van der Waals surface area contributed by atoms with Gasteiger partial charge in [-0.2, -0.15) is 0 Å². The first kappa shape index (κ1) is 13.2. The molecule has 0 radical (unpaired) electrons. The number of carboxylic acids is 1. The van der Waals surface area contributed by atoms with Crippen molar-refractivity contribution in [1.29, 1.82) is 0 Å². The molecular formula is C10H17NO4S. The van der Waals surface area contributed by atoms with Gasteiger partial charge < -0.3 is 10.4 Å². The number of hydrogen-bond donors (Lipinski definition) is 2. The normalized spacial score (nSPS) is 18.8. The van der Waals surface area contributed by atoms with Crippen molar-refractivity contribution >= 4 is 22.7 Å². The zero-order valence-electron chi connectivity index (χ0n) is 9.32. The molecule has 1 unspecified atom stereocenters. The maximum atomic E-state index is 11.6. The van der Waals surface area contributed by atoms with E-state index >= 15 is 0 Å². The lowest BCUT2D eigenvalue weighted by molar-refractivity contribution is -0.138. The molecule has 1 aliphatic rings. The van der Waals surface area contributed by atoms with Crippen LogP contribution in [0.2, 0.25) is 0 Å². The summed E-state index contributed by atoms with van der Waals surface area (Å²) in [5.41, 5.74) is -0.251. The van der Waals surface area contributed by atoms with E-state index in [-0.39, 0.29) is 24.2 Å². The maximum absolute atomic E-state index is 11.6. The van der Waals surface area contributed by atoms with Gasteiger partial charge in [0.2, 0.25) is 5.91 Å². The highest BCUT2D eigenvalue weighted by Crippen LogP contribution is 2.49. The second-order valence-electron chi connectivity index (χ2n) is 4.28. The van der Waals surface area contributed by atoms with Gasteiger partial charge in [-0.05, 0) is 18.3 Å². The van der Waals surface area contributed by atoms with E-state index in [1.165, 1.54) is 7.05 Å². The molecule has 0 aromatic heterocycles. The van der Waals surface area contributed by atoms with Crippen LogP contribution in [0.1, 0.15) is 25.7 Å². The summed E-state index contributed by atoms with van der Waals surface area (Å²) in [6.07, 6.45) is 2.01. The van der Waals surface area contributed by atoms with Crippen molar-refractivity contribution in [3.05, 3.63) is 0 Å². The van der Waals surface area contributed by atoms with E-state index in [2.05, 4.69) is 5.32 Å². The Kier molecular flexibility index (Phi) is 4.46. The third-order valence-electron chi connectivity index (χ3n) is 2.79. The highest BCUT2D eigenvalue weighted by atomic mass is 32.2. The topological polar surface area (TPSA) is 83.5 Å². The van der Waals surface area contributed by atoms with E-state index in [1.54, 1.807) is 0 Å². The Balaban J connectivity index is 2.29. The van der Waals surface area contributed by atoms with Gasteiger partial charge in [-0.1, -0.05) is 0 Å². The van der Waals surface area contributed by atoms with E-state index in [9.17, 15) is 13.8 Å². The largest absolute Gasteiger partial charge is 0.481 e. The third kappa shape index (κ3) is 4.30. The molecular weight excluding hydrogens is 230 g/mol. The average molecular weight is 247 g/mol. The molecule has 92 valence electrons. The van der Waals surface area contributed by atoms with Crippen LogP contribution in [0.4, 0.5) is 0 Å². The lowest BCUT2D eigenvalue weighted by atomic mass is 10.1. The molecule has 0 aliphatic heterocycles. The predicted octanol–water partition coefficient (Wildman–Crippen LogP) is 0.126. The first-order valence-corrected chi connectivity index (χ1v) is 6.74. The fraction of sp³-hybridized carbons (Fsp3) is 0.800. The quantitative estimate of drug-likeness (QED) is 0.669. The Morgan fingerprint density at radius 3 is 2.50 bits per heavy atom. The maximum Gasteiger partial charge on any atom is 0.303 e. The molecule has 1 rings (SSSR count). The van der Waals surface area contributed by atoms with Crippen molar-refractivity contribution < 1.29 is 18.9 Å². The smallest absolute Gasteiger partial charge is 0.303 e. The van der Waals surface area contributed by atoms with Crippen molar-refractivity contribution in [1.82, 2.24) is 5.32 Å². The molecule has 0 spiro atoms. The number of carbonyl (C=O) groups is 2. The summed E-state index contributed by atoms with van der Waals surface area (Å²) >= 11 is 0. The van der Waals surface area contributed by atoms with Crippen molar-refractivity contribution in [3.63, 3.8) is 0 Å². The zero-order chi connectivity index (χ0) is 12.2. The second-order valence-corrected chi connectivity index (χ2v) is 5.86. The van der Waals surface area contributed by atoms with Gasteiger partial charge in [0.25, 0.3) is 0 Å². The van der Waals surface area contributed by atoms with Gasteiger partial charge in [0.15, 0.2) is 0 Å². The molecule has 16 heavy (non-hydrogen) atoms. The van der Waals surface area contributed by atoms with Crippen LogP contribution in [0.5, 0.6) is 0 Å². The first-order chi connectivity index (χ1) is 7.47. The van der Waals surface area contributed by atoms with E-state index < -0.39 is 16.8 Å². The van der Waals surface area contributed by atoms with E-state index in [4.69, 9.17) is 5.11 Å². The summed E-state index contributed by atoms with van der Waals surface area (Å²) in [7, 11) is 0.450. The van der Waals surface area contributed by atoms with Crippen molar-refractivity contribution in [3.8, 4) is 0 Å². The summed E-state index contributed by atoms with van der Waals surface area (Å²) in [5, 5.41) is 11.2. The minimum atomic E-state index is -1.09. The molecule has 6 heteroatoms. The minimum Gasteiger partial charge on any atom is -0.481 e. The molecule has 0 aromatic rings. The summed E-state index contributed by atoms with van der Waals surface area (Å²) in [6.45, 7) is 0. The second kappa shape index (κ2) is 5.43. The highest BCUT2D eigenvalue weighted by molar-refractivity contribution is 7.85. The van der Waals surface area contributed by atoms with Crippen molar-refractivity contribution in [2.45, 2.75) is 25.7 Å².